The zero-order chi connectivity index (χ0) is 30.5. The van der Waals surface area contributed by atoms with Crippen LogP contribution in [0.3, 0.4) is 0 Å². The summed E-state index contributed by atoms with van der Waals surface area (Å²) >= 11 is 0. The van der Waals surface area contributed by atoms with Crippen LogP contribution in [-0.4, -0.2) is 6.92 Å². The van der Waals surface area contributed by atoms with Crippen LogP contribution in [-0.2, 0) is 8.89 Å². The standard InChI is InChI=1S/C37H39P2.C5H5.Ti/c1-24-14-9-18-32(28(24)5)38(33-19-10-15-25(2)29(33)6)36-22-13-23-37(36)39(34-20-11-16-26(3)30(34)7)35-21-12-17-27(4)31(35)8;1-2-4-5-3-1;/h9-23H,1-8H3;1-5H;. The van der Waals surface area contributed by atoms with Crippen LogP contribution in [0.4, 0.5) is 0 Å². The maximum atomic E-state index is 2.65. The molecule has 10 fully saturated rings. The van der Waals surface area contributed by atoms with Crippen molar-refractivity contribution in [1.82, 2.24) is 0 Å². The molecule has 10 heterocycles. The van der Waals surface area contributed by atoms with Gasteiger partial charge in [0.15, 0.2) is 0 Å². The Kier molecular flexibility index (Phi) is 2.24. The van der Waals surface area contributed by atoms with Crippen LogP contribution in [0.2, 0.25) is 33.8 Å². The Morgan fingerprint density at radius 3 is 0.889 bits per heavy atom. The van der Waals surface area contributed by atoms with E-state index in [1.165, 1.54) is 56.0 Å². The average molecular weight is 659 g/mol. The van der Waals surface area contributed by atoms with Crippen molar-refractivity contribution in [3.63, 3.8) is 0 Å². The summed E-state index contributed by atoms with van der Waals surface area (Å²) in [6, 6.07) is 29.9. The molecule has 4 aromatic rings. The summed E-state index contributed by atoms with van der Waals surface area (Å²) in [6.45, 7) is 19.6. The van der Waals surface area contributed by atoms with Gasteiger partial charge in [-0.2, -0.15) is 0 Å². The number of benzene rings is 4. The van der Waals surface area contributed by atoms with Crippen molar-refractivity contribution in [3.05, 3.63) is 117 Å². The molecule has 45 heavy (non-hydrogen) atoms. The number of hydrogen-bond acceptors (Lipinski definition) is 0. The number of hydrogen-bond donors (Lipinski definition) is 0. The molecule has 0 radical (unpaired) electrons. The minimum atomic E-state index is -4.53. The topological polar surface area (TPSA) is 0 Å². The normalized spacial score (nSPS) is 54.2. The third-order valence-corrected chi connectivity index (χ3v) is 107. The van der Waals surface area contributed by atoms with Gasteiger partial charge in [0, 0.05) is 0 Å². The Morgan fingerprint density at radius 1 is 0.400 bits per heavy atom. The van der Waals surface area contributed by atoms with E-state index in [-0.39, 0.29) is 0 Å². The molecule has 3 heteroatoms. The van der Waals surface area contributed by atoms with Crippen molar-refractivity contribution in [2.24, 2.45) is 0 Å². The van der Waals surface area contributed by atoms with E-state index in [4.69, 9.17) is 0 Å². The zero-order valence-corrected chi connectivity index (χ0v) is 31.3. The van der Waals surface area contributed by atoms with Gasteiger partial charge in [-0.25, -0.2) is 0 Å². The maximum absolute atomic E-state index is 4.53. The van der Waals surface area contributed by atoms with Gasteiger partial charge in [-0.05, 0) is 0 Å². The Labute approximate surface area is 257 Å². The van der Waals surface area contributed by atoms with E-state index in [1.807, 2.05) is 0 Å². The van der Waals surface area contributed by atoms with Crippen LogP contribution in [0.15, 0.2) is 72.8 Å². The second-order valence-electron chi connectivity index (χ2n) is 22.3. The monoisotopic (exact) mass is 658 g/mol. The molecule has 4 unspecified atom stereocenters. The van der Waals surface area contributed by atoms with Gasteiger partial charge in [0.05, 0.1) is 0 Å². The second kappa shape index (κ2) is 4.10. The van der Waals surface area contributed by atoms with Crippen molar-refractivity contribution in [2.45, 2.75) is 96.1 Å². The molecule has 226 valence electrons. The van der Waals surface area contributed by atoms with E-state index in [0.717, 1.165) is 0 Å². The first-order valence-electron chi connectivity index (χ1n) is 18.3. The molecular weight excluding hydrogens is 614 g/mol. The van der Waals surface area contributed by atoms with Gasteiger partial charge in [0.1, 0.15) is 0 Å². The quantitative estimate of drug-likeness (QED) is 0.143. The molecule has 4 atom stereocenters. The zero-order valence-electron chi connectivity index (χ0n) is 27.9. The van der Waals surface area contributed by atoms with E-state index in [2.05, 4.69) is 128 Å². The molecule has 0 amide bonds. The van der Waals surface area contributed by atoms with Crippen molar-refractivity contribution >= 4 is 37.1 Å². The van der Waals surface area contributed by atoms with Crippen LogP contribution in [0.25, 0.3) is 0 Å². The second-order valence-corrected chi connectivity index (χ2v) is 61.1. The Morgan fingerprint density at radius 2 is 0.667 bits per heavy atom. The predicted molar refractivity (Wildman–Crippen MR) is 192 cm³/mol. The van der Waals surface area contributed by atoms with Crippen LogP contribution < -0.4 is 21.2 Å². The molecule has 1 spiro atoms. The summed E-state index contributed by atoms with van der Waals surface area (Å²) in [6.07, 6.45) is 0. The minimum absolute atomic E-state index is 0.411. The van der Waals surface area contributed by atoms with E-state index in [9.17, 15) is 0 Å². The fraction of sp³-hybridized carbons (Fsp3) is 0.429. The third-order valence-electron chi connectivity index (χ3n) is 28.2. The molecule has 0 saturated carbocycles. The van der Waals surface area contributed by atoms with E-state index < -0.39 is 24.7 Å². The molecule has 0 aromatic heterocycles. The van der Waals surface area contributed by atoms with Gasteiger partial charge in [-0.15, -0.1) is 0 Å². The molecular formula is C42H44P2Ti. The summed E-state index contributed by atoms with van der Waals surface area (Å²) in [5.41, 5.74) is 12.6. The first-order valence-corrected chi connectivity index (χ1v) is 29.7. The van der Waals surface area contributed by atoms with Gasteiger partial charge < -0.3 is 0 Å². The van der Waals surface area contributed by atoms with Crippen LogP contribution in [0.5, 0.6) is 0 Å². The molecule has 0 aliphatic carbocycles. The van der Waals surface area contributed by atoms with Crippen molar-refractivity contribution in [1.29, 1.82) is 0 Å². The average Bonchev–Trinajstić information content (AvgIpc) is 3.97. The van der Waals surface area contributed by atoms with Gasteiger partial charge in [-0.3, -0.25) is 0 Å². The fourth-order valence-electron chi connectivity index (χ4n) is 30.4. The van der Waals surface area contributed by atoms with Crippen molar-refractivity contribution < 1.29 is 8.89 Å². The fourth-order valence-corrected chi connectivity index (χ4v) is 194. The van der Waals surface area contributed by atoms with Crippen LogP contribution in [0.1, 0.15) is 44.5 Å². The predicted octanol–water partition coefficient (Wildman–Crippen LogP) is 9.92. The van der Waals surface area contributed by atoms with Gasteiger partial charge in [0.25, 0.3) is 0 Å². The molecule has 0 bridgehead atoms. The first kappa shape index (κ1) is 24.6. The summed E-state index contributed by atoms with van der Waals surface area (Å²) in [4.78, 5) is 0. The Hall–Kier alpha value is -1.55. The van der Waals surface area contributed by atoms with E-state index >= 15 is 0 Å². The molecule has 10 aliphatic heterocycles. The van der Waals surface area contributed by atoms with E-state index in [0.29, 0.717) is 6.92 Å². The summed E-state index contributed by atoms with van der Waals surface area (Å²) in [7, 11) is -5.35. The Bertz CT molecular complexity index is 2330. The van der Waals surface area contributed by atoms with E-state index in [1.54, 1.807) is 43.5 Å². The third kappa shape index (κ3) is 0.726. The molecule has 14 rings (SSSR count). The van der Waals surface area contributed by atoms with Gasteiger partial charge in [0.2, 0.25) is 0 Å². The molecule has 10 saturated heterocycles. The molecule has 10 aliphatic rings. The summed E-state index contributed by atoms with van der Waals surface area (Å²) in [5, 5.41) is 7.20. The van der Waals surface area contributed by atoms with Crippen molar-refractivity contribution in [2.75, 3.05) is 0 Å². The number of fused-ring (bicyclic) bond motifs is 10. The van der Waals surface area contributed by atoms with Gasteiger partial charge >= 0.3 is 259 Å². The summed E-state index contributed by atoms with van der Waals surface area (Å²) < 4.78 is 11.6. The number of rotatable bonds is 6. The van der Waals surface area contributed by atoms with Crippen LogP contribution in [0, 0.1) is 55.4 Å². The summed E-state index contributed by atoms with van der Waals surface area (Å²) in [5.74, 6) is 0. The number of aryl methyl sites for hydroxylation is 4. The Balaban J connectivity index is 1.17. The SMILES string of the molecule is Cc1cccc(P(c2cccc(C)c2C)[C]23[CH]4[CH]5[CH]6[C]2(P(c2cccc(C)c2C)c2cccc(C)c2C)[Ti]54632789[CH]3[CH]2[CH]7[CH]8[CH]39)c1C. The molecule has 0 nitrogen and oxygen atoms in total. The van der Waals surface area contributed by atoms with Crippen LogP contribution >= 0.6 is 15.8 Å². The molecule has 4 aromatic carbocycles. The van der Waals surface area contributed by atoms with Gasteiger partial charge in [-0.1, -0.05) is 0 Å². The first-order chi connectivity index (χ1) is 21.4. The molecule has 0 N–H and O–H groups in total. The van der Waals surface area contributed by atoms with Crippen molar-refractivity contribution in [3.8, 4) is 0 Å².